The molecule has 4 aromatic rings. The van der Waals surface area contributed by atoms with Crippen molar-refractivity contribution in [2.45, 2.75) is 13.5 Å². The van der Waals surface area contributed by atoms with Gasteiger partial charge in [-0.3, -0.25) is 4.98 Å². The van der Waals surface area contributed by atoms with Gasteiger partial charge in [-0.05, 0) is 42.2 Å². The first-order chi connectivity index (χ1) is 11.2. The maximum absolute atomic E-state index is 14.4. The summed E-state index contributed by atoms with van der Waals surface area (Å²) in [5, 5.41) is 4.16. The third kappa shape index (κ3) is 2.39. The maximum atomic E-state index is 14.4. The molecule has 0 bridgehead atoms. The highest BCUT2D eigenvalue weighted by molar-refractivity contribution is 7.05. The highest BCUT2D eigenvalue weighted by Crippen LogP contribution is 2.29. The summed E-state index contributed by atoms with van der Waals surface area (Å²) >= 11 is 1.31. The fourth-order valence-electron chi connectivity index (χ4n) is 2.59. The Labute approximate surface area is 135 Å². The summed E-state index contributed by atoms with van der Waals surface area (Å²) in [7, 11) is 0. The van der Waals surface area contributed by atoms with E-state index in [1.54, 1.807) is 24.5 Å². The number of hydrogen-bond acceptors (Lipinski definition) is 5. The maximum Gasteiger partial charge on any atom is 0.163 e. The average molecular weight is 325 g/mol. The minimum atomic E-state index is -0.300. The molecule has 114 valence electrons. The highest BCUT2D eigenvalue weighted by Gasteiger charge is 2.19. The second kappa shape index (κ2) is 5.51. The largest absolute Gasteiger partial charge is 0.316 e. The van der Waals surface area contributed by atoms with Crippen LogP contribution in [-0.2, 0) is 6.54 Å². The fraction of sp³-hybridized carbons (Fsp3) is 0.125. The Bertz CT molecular complexity index is 977. The minimum absolute atomic E-state index is 0.300. The summed E-state index contributed by atoms with van der Waals surface area (Å²) in [6.45, 7) is 2.40. The molecule has 0 aliphatic rings. The summed E-state index contributed by atoms with van der Waals surface area (Å²) in [6.07, 6.45) is 3.48. The van der Waals surface area contributed by atoms with Gasteiger partial charge in [0, 0.05) is 12.4 Å². The smallest absolute Gasteiger partial charge is 0.163 e. The van der Waals surface area contributed by atoms with Gasteiger partial charge in [-0.15, -0.1) is 5.10 Å². The Morgan fingerprint density at radius 2 is 2.13 bits per heavy atom. The van der Waals surface area contributed by atoms with Gasteiger partial charge in [0.1, 0.15) is 17.0 Å². The Balaban J connectivity index is 1.97. The van der Waals surface area contributed by atoms with Crippen LogP contribution >= 0.6 is 11.5 Å². The predicted octanol–water partition coefficient (Wildman–Crippen LogP) is 3.45. The number of hydrogen-bond donors (Lipinski definition) is 0. The van der Waals surface area contributed by atoms with Crippen molar-refractivity contribution in [3.63, 3.8) is 0 Å². The quantitative estimate of drug-likeness (QED) is 0.579. The molecule has 0 radical (unpaired) electrons. The number of halogens is 1. The van der Waals surface area contributed by atoms with Gasteiger partial charge in [0.2, 0.25) is 0 Å². The van der Waals surface area contributed by atoms with E-state index in [2.05, 4.69) is 19.6 Å². The third-order valence-electron chi connectivity index (χ3n) is 3.64. The van der Waals surface area contributed by atoms with Crippen LogP contribution in [0.5, 0.6) is 0 Å². The monoisotopic (exact) mass is 325 g/mol. The van der Waals surface area contributed by atoms with Gasteiger partial charge in [-0.1, -0.05) is 16.6 Å². The van der Waals surface area contributed by atoms with E-state index in [9.17, 15) is 4.39 Å². The second-order valence-corrected chi connectivity index (χ2v) is 6.13. The fourth-order valence-corrected chi connectivity index (χ4v) is 3.05. The molecule has 0 atom stereocenters. The van der Waals surface area contributed by atoms with E-state index < -0.39 is 0 Å². The van der Waals surface area contributed by atoms with E-state index in [-0.39, 0.29) is 5.82 Å². The van der Waals surface area contributed by atoms with E-state index in [0.29, 0.717) is 29.1 Å². The number of fused-ring (bicyclic) bond motifs is 1. The number of pyridine rings is 1. The van der Waals surface area contributed by atoms with Crippen molar-refractivity contribution < 1.29 is 4.39 Å². The highest BCUT2D eigenvalue weighted by atomic mass is 32.1. The van der Waals surface area contributed by atoms with Gasteiger partial charge >= 0.3 is 0 Å². The molecular weight excluding hydrogens is 313 g/mol. The van der Waals surface area contributed by atoms with Crippen molar-refractivity contribution in [1.82, 2.24) is 24.1 Å². The Morgan fingerprint density at radius 1 is 1.22 bits per heavy atom. The van der Waals surface area contributed by atoms with E-state index in [0.717, 1.165) is 10.4 Å². The van der Waals surface area contributed by atoms with Gasteiger partial charge in [-0.2, -0.15) is 0 Å². The predicted molar refractivity (Wildman–Crippen MR) is 86.7 cm³/mol. The lowest BCUT2D eigenvalue weighted by molar-refractivity contribution is 0.628. The van der Waals surface area contributed by atoms with Crippen LogP contribution in [0.1, 0.15) is 10.4 Å². The summed E-state index contributed by atoms with van der Waals surface area (Å²) in [4.78, 5) is 9.66. The van der Waals surface area contributed by atoms with Crippen molar-refractivity contribution in [1.29, 1.82) is 0 Å². The zero-order chi connectivity index (χ0) is 15.8. The standard InChI is InChI=1S/C16H12FN5S/c1-10-14(20-21-23-10)16-19-13-6-2-5-12(17)15(13)22(16)9-11-4-3-7-18-8-11/h2-8H,9H2,1H3. The first-order valence-corrected chi connectivity index (χ1v) is 7.84. The molecule has 0 fully saturated rings. The second-order valence-electron chi connectivity index (χ2n) is 5.17. The lowest BCUT2D eigenvalue weighted by atomic mass is 10.2. The molecule has 3 aromatic heterocycles. The molecule has 7 heteroatoms. The number of rotatable bonds is 3. The number of aromatic nitrogens is 5. The molecule has 0 unspecified atom stereocenters. The molecular formula is C16H12FN5S. The topological polar surface area (TPSA) is 56.5 Å². The van der Waals surface area contributed by atoms with E-state index in [4.69, 9.17) is 0 Å². The zero-order valence-corrected chi connectivity index (χ0v) is 13.1. The molecule has 0 aliphatic carbocycles. The Hall–Kier alpha value is -2.67. The van der Waals surface area contributed by atoms with E-state index in [1.165, 1.54) is 17.6 Å². The van der Waals surface area contributed by atoms with Gasteiger partial charge in [0.05, 0.1) is 16.9 Å². The number of nitrogens with zero attached hydrogens (tertiary/aromatic N) is 5. The normalized spacial score (nSPS) is 11.2. The number of imidazole rings is 1. The summed E-state index contributed by atoms with van der Waals surface area (Å²) in [5.41, 5.74) is 2.74. The number of benzene rings is 1. The Morgan fingerprint density at radius 3 is 2.87 bits per heavy atom. The lowest BCUT2D eigenvalue weighted by Gasteiger charge is -2.08. The van der Waals surface area contributed by atoms with Gasteiger partial charge in [0.15, 0.2) is 5.82 Å². The summed E-state index contributed by atoms with van der Waals surface area (Å²) < 4.78 is 20.2. The average Bonchev–Trinajstić information content (AvgIpc) is 3.13. The molecule has 4 rings (SSSR count). The molecule has 1 aromatic carbocycles. The van der Waals surface area contributed by atoms with Gasteiger partial charge in [-0.25, -0.2) is 9.37 Å². The molecule has 0 amide bonds. The van der Waals surface area contributed by atoms with Crippen LogP contribution in [0.2, 0.25) is 0 Å². The molecule has 0 aliphatic heterocycles. The molecule has 0 saturated heterocycles. The van der Waals surface area contributed by atoms with Crippen LogP contribution in [0.3, 0.4) is 0 Å². The SMILES string of the molecule is Cc1snnc1-c1nc2cccc(F)c2n1Cc1cccnc1. The lowest BCUT2D eigenvalue weighted by Crippen LogP contribution is -2.04. The third-order valence-corrected chi connectivity index (χ3v) is 4.28. The zero-order valence-electron chi connectivity index (χ0n) is 12.3. The van der Waals surface area contributed by atoms with Crippen molar-refractivity contribution >= 4 is 22.6 Å². The van der Waals surface area contributed by atoms with Crippen LogP contribution in [0.4, 0.5) is 4.39 Å². The van der Waals surface area contributed by atoms with Crippen LogP contribution in [-0.4, -0.2) is 24.1 Å². The molecule has 0 spiro atoms. The van der Waals surface area contributed by atoms with Crippen molar-refractivity contribution in [3.8, 4) is 11.5 Å². The first kappa shape index (κ1) is 14.0. The van der Waals surface area contributed by atoms with Gasteiger partial charge in [0.25, 0.3) is 0 Å². The molecule has 0 N–H and O–H groups in total. The molecule has 23 heavy (non-hydrogen) atoms. The van der Waals surface area contributed by atoms with Crippen LogP contribution in [0, 0.1) is 12.7 Å². The summed E-state index contributed by atoms with van der Waals surface area (Å²) in [6, 6.07) is 8.72. The molecule has 0 saturated carbocycles. The summed E-state index contributed by atoms with van der Waals surface area (Å²) in [5.74, 6) is 0.325. The number of para-hydroxylation sites is 1. The van der Waals surface area contributed by atoms with Crippen molar-refractivity contribution in [2.24, 2.45) is 0 Å². The minimum Gasteiger partial charge on any atom is -0.316 e. The van der Waals surface area contributed by atoms with E-state index in [1.807, 2.05) is 23.6 Å². The van der Waals surface area contributed by atoms with Crippen LogP contribution in [0.25, 0.3) is 22.6 Å². The molecule has 5 nitrogen and oxygen atoms in total. The van der Waals surface area contributed by atoms with Crippen molar-refractivity contribution in [2.75, 3.05) is 0 Å². The Kier molecular flexibility index (Phi) is 3.34. The molecule has 3 heterocycles. The van der Waals surface area contributed by atoms with Crippen LogP contribution < -0.4 is 0 Å². The van der Waals surface area contributed by atoms with Crippen molar-refractivity contribution in [3.05, 3.63) is 59.0 Å². The van der Waals surface area contributed by atoms with Crippen LogP contribution in [0.15, 0.2) is 42.7 Å². The number of aryl methyl sites for hydroxylation is 1. The first-order valence-electron chi connectivity index (χ1n) is 7.07. The van der Waals surface area contributed by atoms with Gasteiger partial charge < -0.3 is 4.57 Å². The van der Waals surface area contributed by atoms with E-state index >= 15 is 0 Å².